The minimum Gasteiger partial charge on any atom is -0.497 e. The highest BCUT2D eigenvalue weighted by Crippen LogP contribution is 2.39. The largest absolute Gasteiger partial charge is 0.497 e. The van der Waals surface area contributed by atoms with Crippen molar-refractivity contribution in [2.45, 2.75) is 38.1 Å². The van der Waals surface area contributed by atoms with Crippen molar-refractivity contribution in [3.8, 4) is 5.75 Å². The number of aryl methyl sites for hydroxylation is 1. The number of aliphatic carboxylic acids is 1. The van der Waals surface area contributed by atoms with Crippen LogP contribution in [0, 0.1) is 5.92 Å². The smallest absolute Gasteiger partial charge is 0.317 e. The Morgan fingerprint density at radius 2 is 2.19 bits per heavy atom. The van der Waals surface area contributed by atoms with E-state index >= 15 is 0 Å². The molecule has 0 heterocycles. The van der Waals surface area contributed by atoms with Crippen molar-refractivity contribution in [1.82, 2.24) is 4.90 Å². The van der Waals surface area contributed by atoms with Crippen LogP contribution in [0.4, 0.5) is 0 Å². The van der Waals surface area contributed by atoms with E-state index in [1.165, 1.54) is 24.0 Å². The van der Waals surface area contributed by atoms with E-state index in [2.05, 4.69) is 17.0 Å². The van der Waals surface area contributed by atoms with E-state index in [0.717, 1.165) is 31.6 Å². The molecule has 114 valence electrons. The summed E-state index contributed by atoms with van der Waals surface area (Å²) in [4.78, 5) is 13.4. The topological polar surface area (TPSA) is 49.8 Å². The molecule has 2 aliphatic rings. The van der Waals surface area contributed by atoms with Gasteiger partial charge in [0.25, 0.3) is 0 Å². The predicted molar refractivity (Wildman–Crippen MR) is 80.6 cm³/mol. The molecular weight excluding hydrogens is 266 g/mol. The summed E-state index contributed by atoms with van der Waals surface area (Å²) in [5, 5.41) is 9.23. The van der Waals surface area contributed by atoms with Crippen molar-refractivity contribution in [3.05, 3.63) is 29.3 Å². The predicted octanol–water partition coefficient (Wildman–Crippen LogP) is 2.87. The van der Waals surface area contributed by atoms with Crippen molar-refractivity contribution in [1.29, 1.82) is 0 Å². The van der Waals surface area contributed by atoms with Crippen LogP contribution in [0.25, 0.3) is 0 Å². The SMILES string of the molecule is COc1ccc2c(c1)C(N(CC(=O)O)CC1CC1)CCC2. The molecule has 0 aliphatic heterocycles. The van der Waals surface area contributed by atoms with E-state index in [1.54, 1.807) is 7.11 Å². The summed E-state index contributed by atoms with van der Waals surface area (Å²) >= 11 is 0. The maximum Gasteiger partial charge on any atom is 0.317 e. The fraction of sp³-hybridized carbons (Fsp3) is 0.588. The number of hydrogen-bond acceptors (Lipinski definition) is 3. The molecule has 1 fully saturated rings. The van der Waals surface area contributed by atoms with Crippen molar-refractivity contribution >= 4 is 5.97 Å². The second-order valence-corrected chi connectivity index (χ2v) is 6.24. The molecule has 0 bridgehead atoms. The quantitative estimate of drug-likeness (QED) is 0.875. The lowest BCUT2D eigenvalue weighted by Crippen LogP contribution is -2.37. The lowest BCUT2D eigenvalue weighted by atomic mass is 9.86. The molecule has 1 saturated carbocycles. The number of hydrogen-bond donors (Lipinski definition) is 1. The number of benzene rings is 1. The second kappa shape index (κ2) is 6.06. The minimum absolute atomic E-state index is 0.137. The lowest BCUT2D eigenvalue weighted by Gasteiger charge is -2.35. The molecule has 0 radical (unpaired) electrons. The van der Waals surface area contributed by atoms with Crippen LogP contribution in [0.3, 0.4) is 0 Å². The van der Waals surface area contributed by atoms with Gasteiger partial charge in [-0.15, -0.1) is 0 Å². The van der Waals surface area contributed by atoms with Gasteiger partial charge in [0.05, 0.1) is 13.7 Å². The molecule has 0 saturated heterocycles. The summed E-state index contributed by atoms with van der Waals surface area (Å²) in [6, 6.07) is 6.46. The van der Waals surface area contributed by atoms with Crippen molar-refractivity contribution in [3.63, 3.8) is 0 Å². The van der Waals surface area contributed by atoms with Crippen LogP contribution >= 0.6 is 0 Å². The number of ether oxygens (including phenoxy) is 1. The van der Waals surface area contributed by atoms with Gasteiger partial charge in [0.15, 0.2) is 0 Å². The van der Waals surface area contributed by atoms with E-state index in [0.29, 0.717) is 5.92 Å². The van der Waals surface area contributed by atoms with Gasteiger partial charge in [0, 0.05) is 12.6 Å². The summed E-state index contributed by atoms with van der Waals surface area (Å²) in [6.07, 6.45) is 5.74. The molecule has 1 atom stereocenters. The van der Waals surface area contributed by atoms with Gasteiger partial charge in [-0.1, -0.05) is 6.07 Å². The first kappa shape index (κ1) is 14.4. The Labute approximate surface area is 125 Å². The van der Waals surface area contributed by atoms with E-state index in [1.807, 2.05) is 6.07 Å². The van der Waals surface area contributed by atoms with Crippen LogP contribution in [-0.4, -0.2) is 36.2 Å². The van der Waals surface area contributed by atoms with Crippen LogP contribution in [0.15, 0.2) is 18.2 Å². The van der Waals surface area contributed by atoms with Gasteiger partial charge < -0.3 is 9.84 Å². The Balaban J connectivity index is 1.87. The zero-order chi connectivity index (χ0) is 14.8. The Morgan fingerprint density at radius 3 is 2.86 bits per heavy atom. The molecule has 1 N–H and O–H groups in total. The van der Waals surface area contributed by atoms with Crippen LogP contribution in [0.5, 0.6) is 5.75 Å². The minimum atomic E-state index is -0.731. The van der Waals surface area contributed by atoms with Crippen LogP contribution in [0.1, 0.15) is 42.9 Å². The maximum atomic E-state index is 11.2. The Kier molecular flexibility index (Phi) is 4.15. The standard InChI is InChI=1S/C17H23NO3/c1-21-14-8-7-13-3-2-4-16(15(13)9-14)18(11-17(19)20)10-12-5-6-12/h7-9,12,16H,2-6,10-11H2,1H3,(H,19,20). The van der Waals surface area contributed by atoms with Gasteiger partial charge in [-0.25, -0.2) is 0 Å². The molecule has 1 unspecified atom stereocenters. The van der Waals surface area contributed by atoms with Crippen molar-refractivity contribution in [2.75, 3.05) is 20.2 Å². The molecule has 0 aromatic heterocycles. The Morgan fingerprint density at radius 1 is 1.38 bits per heavy atom. The summed E-state index contributed by atoms with van der Waals surface area (Å²) in [5.74, 6) is 0.827. The molecule has 21 heavy (non-hydrogen) atoms. The number of fused-ring (bicyclic) bond motifs is 1. The average Bonchev–Trinajstić information content (AvgIpc) is 3.29. The van der Waals surface area contributed by atoms with Crippen molar-refractivity contribution < 1.29 is 14.6 Å². The molecule has 0 spiro atoms. The van der Waals surface area contributed by atoms with Crippen molar-refractivity contribution in [2.24, 2.45) is 5.92 Å². The number of methoxy groups -OCH3 is 1. The first-order chi connectivity index (χ1) is 10.2. The number of nitrogens with zero attached hydrogens (tertiary/aromatic N) is 1. The third kappa shape index (κ3) is 3.38. The van der Waals surface area contributed by atoms with E-state index in [9.17, 15) is 9.90 Å². The Bertz CT molecular complexity index is 525. The van der Waals surface area contributed by atoms with E-state index in [4.69, 9.17) is 4.74 Å². The highest BCUT2D eigenvalue weighted by atomic mass is 16.5. The molecule has 0 amide bonds. The molecule has 1 aromatic carbocycles. The van der Waals surface area contributed by atoms with E-state index < -0.39 is 5.97 Å². The first-order valence-electron chi connectivity index (χ1n) is 7.80. The Hall–Kier alpha value is -1.55. The van der Waals surface area contributed by atoms with Gasteiger partial charge in [0.2, 0.25) is 0 Å². The highest BCUT2D eigenvalue weighted by Gasteiger charge is 2.32. The van der Waals surface area contributed by atoms with Gasteiger partial charge in [-0.2, -0.15) is 0 Å². The van der Waals surface area contributed by atoms with Crippen LogP contribution < -0.4 is 4.74 Å². The van der Waals surface area contributed by atoms with Crippen LogP contribution in [0.2, 0.25) is 0 Å². The number of carbonyl (C=O) groups is 1. The van der Waals surface area contributed by atoms with Crippen LogP contribution in [-0.2, 0) is 11.2 Å². The fourth-order valence-electron chi connectivity index (χ4n) is 3.37. The number of carboxylic acid groups (broad SMARTS) is 1. The highest BCUT2D eigenvalue weighted by molar-refractivity contribution is 5.69. The molecule has 2 aliphatic carbocycles. The summed E-state index contributed by atoms with van der Waals surface area (Å²) < 4.78 is 5.35. The second-order valence-electron chi connectivity index (χ2n) is 6.24. The zero-order valence-electron chi connectivity index (χ0n) is 12.5. The summed E-state index contributed by atoms with van der Waals surface area (Å²) in [5.41, 5.74) is 2.61. The van der Waals surface area contributed by atoms with E-state index in [-0.39, 0.29) is 12.6 Å². The lowest BCUT2D eigenvalue weighted by molar-refractivity contribution is -0.139. The molecule has 4 nitrogen and oxygen atoms in total. The normalized spacial score (nSPS) is 21.1. The third-order valence-electron chi connectivity index (χ3n) is 4.60. The average molecular weight is 289 g/mol. The van der Waals surface area contributed by atoms with Gasteiger partial charge in [-0.3, -0.25) is 9.69 Å². The summed E-state index contributed by atoms with van der Waals surface area (Å²) in [7, 11) is 1.68. The van der Waals surface area contributed by atoms with Gasteiger partial charge >= 0.3 is 5.97 Å². The number of rotatable bonds is 6. The first-order valence-corrected chi connectivity index (χ1v) is 7.80. The summed E-state index contributed by atoms with van der Waals surface area (Å²) in [6.45, 7) is 1.05. The zero-order valence-corrected chi connectivity index (χ0v) is 12.5. The fourth-order valence-corrected chi connectivity index (χ4v) is 3.37. The number of carboxylic acids is 1. The van der Waals surface area contributed by atoms with Gasteiger partial charge in [0.1, 0.15) is 5.75 Å². The van der Waals surface area contributed by atoms with Gasteiger partial charge in [-0.05, 0) is 61.3 Å². The molecule has 4 heteroatoms. The monoisotopic (exact) mass is 289 g/mol. The molecular formula is C17H23NO3. The molecule has 3 rings (SSSR count). The maximum absolute atomic E-state index is 11.2. The molecule has 1 aromatic rings. The third-order valence-corrected chi connectivity index (χ3v) is 4.60.